The van der Waals surface area contributed by atoms with Crippen LogP contribution in [0.1, 0.15) is 17.4 Å². The van der Waals surface area contributed by atoms with Gasteiger partial charge < -0.3 is 20.5 Å². The van der Waals surface area contributed by atoms with Gasteiger partial charge in [0.25, 0.3) is 5.91 Å². The van der Waals surface area contributed by atoms with Crippen LogP contribution in [0.2, 0.25) is 0 Å². The van der Waals surface area contributed by atoms with Gasteiger partial charge in [0, 0.05) is 13.1 Å². The van der Waals surface area contributed by atoms with E-state index in [1.54, 1.807) is 11.0 Å². The van der Waals surface area contributed by atoms with Crippen molar-refractivity contribution in [2.45, 2.75) is 19.1 Å². The van der Waals surface area contributed by atoms with Crippen molar-refractivity contribution >= 4 is 11.7 Å². The standard InChI is InChI=1S/C11H16N4O3/c1-7-4-15(5-8(6-16)18-7)11(17)9-2-3-10(12)14-13-9/h2-3,7-8,16H,4-6H2,1H3,(H2,12,14). The van der Waals surface area contributed by atoms with E-state index in [0.29, 0.717) is 13.1 Å². The van der Waals surface area contributed by atoms with E-state index < -0.39 is 0 Å². The van der Waals surface area contributed by atoms with Crippen LogP contribution in [-0.2, 0) is 4.74 Å². The molecule has 0 aliphatic carbocycles. The minimum atomic E-state index is -0.348. The summed E-state index contributed by atoms with van der Waals surface area (Å²) in [7, 11) is 0. The molecular weight excluding hydrogens is 236 g/mol. The highest BCUT2D eigenvalue weighted by molar-refractivity contribution is 5.92. The molecule has 0 saturated carbocycles. The number of carbonyl (C=O) groups is 1. The third-order valence-electron chi connectivity index (χ3n) is 2.72. The highest BCUT2D eigenvalue weighted by atomic mass is 16.5. The van der Waals surface area contributed by atoms with E-state index in [-0.39, 0.29) is 36.2 Å². The zero-order valence-corrected chi connectivity index (χ0v) is 10.1. The Bertz CT molecular complexity index is 423. The number of anilines is 1. The predicted octanol–water partition coefficient (Wildman–Crippen LogP) is -0.719. The fraction of sp³-hybridized carbons (Fsp3) is 0.545. The second-order valence-corrected chi connectivity index (χ2v) is 4.30. The van der Waals surface area contributed by atoms with Gasteiger partial charge in [-0.1, -0.05) is 0 Å². The van der Waals surface area contributed by atoms with E-state index in [1.807, 2.05) is 6.92 Å². The van der Waals surface area contributed by atoms with Crippen molar-refractivity contribution in [3.63, 3.8) is 0 Å². The molecule has 2 heterocycles. The third kappa shape index (κ3) is 2.74. The average Bonchev–Trinajstić information content (AvgIpc) is 2.38. The number of aliphatic hydroxyl groups excluding tert-OH is 1. The van der Waals surface area contributed by atoms with E-state index in [0.717, 1.165) is 0 Å². The van der Waals surface area contributed by atoms with Gasteiger partial charge in [-0.2, -0.15) is 0 Å². The van der Waals surface area contributed by atoms with Gasteiger partial charge in [-0.3, -0.25) is 4.79 Å². The molecule has 18 heavy (non-hydrogen) atoms. The first-order chi connectivity index (χ1) is 8.60. The Morgan fingerprint density at radius 2 is 2.33 bits per heavy atom. The normalized spacial score (nSPS) is 24.0. The Hall–Kier alpha value is -1.73. The number of aliphatic hydroxyl groups is 1. The summed E-state index contributed by atoms with van der Waals surface area (Å²) in [4.78, 5) is 13.8. The monoisotopic (exact) mass is 252 g/mol. The number of hydrogen-bond acceptors (Lipinski definition) is 6. The van der Waals surface area contributed by atoms with E-state index >= 15 is 0 Å². The Balaban J connectivity index is 2.10. The molecule has 1 aliphatic heterocycles. The summed E-state index contributed by atoms with van der Waals surface area (Å²) in [6.45, 7) is 2.57. The Morgan fingerprint density at radius 3 is 2.94 bits per heavy atom. The summed E-state index contributed by atoms with van der Waals surface area (Å²) in [5.41, 5.74) is 5.66. The van der Waals surface area contributed by atoms with Gasteiger partial charge in [0.2, 0.25) is 0 Å². The van der Waals surface area contributed by atoms with Crippen molar-refractivity contribution in [1.29, 1.82) is 0 Å². The second-order valence-electron chi connectivity index (χ2n) is 4.30. The van der Waals surface area contributed by atoms with Crippen molar-refractivity contribution in [2.24, 2.45) is 0 Å². The summed E-state index contributed by atoms with van der Waals surface area (Å²) in [6, 6.07) is 3.08. The molecule has 3 N–H and O–H groups in total. The van der Waals surface area contributed by atoms with Crippen LogP contribution < -0.4 is 5.73 Å². The fourth-order valence-electron chi connectivity index (χ4n) is 1.93. The molecule has 1 saturated heterocycles. The SMILES string of the molecule is CC1CN(C(=O)c2ccc(N)nn2)CC(CO)O1. The van der Waals surface area contributed by atoms with Crippen LogP contribution in [0.4, 0.5) is 5.82 Å². The van der Waals surface area contributed by atoms with Crippen molar-refractivity contribution < 1.29 is 14.6 Å². The van der Waals surface area contributed by atoms with Gasteiger partial charge in [0.1, 0.15) is 5.82 Å². The van der Waals surface area contributed by atoms with Crippen molar-refractivity contribution in [2.75, 3.05) is 25.4 Å². The molecule has 1 amide bonds. The fourth-order valence-corrected chi connectivity index (χ4v) is 1.93. The van der Waals surface area contributed by atoms with Gasteiger partial charge in [-0.15, -0.1) is 10.2 Å². The van der Waals surface area contributed by atoms with Gasteiger partial charge in [0.05, 0.1) is 18.8 Å². The zero-order chi connectivity index (χ0) is 13.1. The van der Waals surface area contributed by atoms with E-state index in [2.05, 4.69) is 10.2 Å². The lowest BCUT2D eigenvalue weighted by atomic mass is 10.2. The lowest BCUT2D eigenvalue weighted by molar-refractivity contribution is -0.0859. The molecule has 2 rings (SSSR count). The maximum absolute atomic E-state index is 12.2. The van der Waals surface area contributed by atoms with Crippen LogP contribution in [0.25, 0.3) is 0 Å². The highest BCUT2D eigenvalue weighted by Gasteiger charge is 2.29. The number of rotatable bonds is 2. The van der Waals surface area contributed by atoms with Crippen molar-refractivity contribution in [3.05, 3.63) is 17.8 Å². The topological polar surface area (TPSA) is 102 Å². The summed E-state index contributed by atoms with van der Waals surface area (Å²) in [6.07, 6.45) is -0.457. The van der Waals surface area contributed by atoms with E-state index in [4.69, 9.17) is 15.6 Å². The van der Waals surface area contributed by atoms with Crippen LogP contribution in [0, 0.1) is 0 Å². The molecule has 0 spiro atoms. The Kier molecular flexibility index (Phi) is 3.73. The minimum absolute atomic E-state index is 0.110. The van der Waals surface area contributed by atoms with Crippen LogP contribution in [0.5, 0.6) is 0 Å². The number of nitrogens with two attached hydrogens (primary N) is 1. The molecule has 0 bridgehead atoms. The number of nitrogens with zero attached hydrogens (tertiary/aromatic N) is 3. The largest absolute Gasteiger partial charge is 0.394 e. The molecule has 2 unspecified atom stereocenters. The molecule has 7 heteroatoms. The molecular formula is C11H16N4O3. The first-order valence-corrected chi connectivity index (χ1v) is 5.75. The van der Waals surface area contributed by atoms with Crippen molar-refractivity contribution in [3.8, 4) is 0 Å². The van der Waals surface area contributed by atoms with Gasteiger partial charge in [-0.25, -0.2) is 0 Å². The number of nitrogen functional groups attached to an aromatic ring is 1. The van der Waals surface area contributed by atoms with E-state index in [9.17, 15) is 4.79 Å². The molecule has 98 valence electrons. The molecule has 2 atom stereocenters. The number of hydrogen-bond donors (Lipinski definition) is 2. The average molecular weight is 252 g/mol. The van der Waals surface area contributed by atoms with Gasteiger partial charge in [0.15, 0.2) is 5.69 Å². The summed E-state index contributed by atoms with van der Waals surface area (Å²) >= 11 is 0. The summed E-state index contributed by atoms with van der Waals surface area (Å²) < 4.78 is 5.47. The summed E-state index contributed by atoms with van der Waals surface area (Å²) in [5, 5.41) is 16.5. The number of morpholine rings is 1. The highest BCUT2D eigenvalue weighted by Crippen LogP contribution is 2.13. The molecule has 0 radical (unpaired) electrons. The molecule has 1 aromatic heterocycles. The number of amides is 1. The quantitative estimate of drug-likeness (QED) is 0.720. The second kappa shape index (κ2) is 5.28. The third-order valence-corrected chi connectivity index (χ3v) is 2.72. The molecule has 1 aromatic rings. The smallest absolute Gasteiger partial charge is 0.274 e. The molecule has 1 fully saturated rings. The lowest BCUT2D eigenvalue weighted by Gasteiger charge is -2.35. The van der Waals surface area contributed by atoms with Crippen LogP contribution >= 0.6 is 0 Å². The molecule has 0 aromatic carbocycles. The number of aromatic nitrogens is 2. The predicted molar refractivity (Wildman–Crippen MR) is 63.8 cm³/mol. The Labute approximate surface area is 105 Å². The van der Waals surface area contributed by atoms with Crippen molar-refractivity contribution in [1.82, 2.24) is 15.1 Å². The minimum Gasteiger partial charge on any atom is -0.394 e. The maximum atomic E-state index is 12.2. The zero-order valence-electron chi connectivity index (χ0n) is 10.1. The Morgan fingerprint density at radius 1 is 1.56 bits per heavy atom. The molecule has 1 aliphatic rings. The number of carbonyl (C=O) groups excluding carboxylic acids is 1. The van der Waals surface area contributed by atoms with Gasteiger partial charge in [-0.05, 0) is 19.1 Å². The summed E-state index contributed by atoms with van der Waals surface area (Å²) in [5.74, 6) is 0.0474. The number of ether oxygens (including phenoxy) is 1. The molecule has 7 nitrogen and oxygen atoms in total. The van der Waals surface area contributed by atoms with Crippen LogP contribution in [0.15, 0.2) is 12.1 Å². The van der Waals surface area contributed by atoms with Gasteiger partial charge >= 0.3 is 0 Å². The first kappa shape index (κ1) is 12.7. The van der Waals surface area contributed by atoms with Crippen LogP contribution in [0.3, 0.4) is 0 Å². The first-order valence-electron chi connectivity index (χ1n) is 5.75. The maximum Gasteiger partial charge on any atom is 0.274 e. The van der Waals surface area contributed by atoms with E-state index in [1.165, 1.54) is 6.07 Å². The van der Waals surface area contributed by atoms with Crippen LogP contribution in [-0.4, -0.2) is 58.0 Å². The lowest BCUT2D eigenvalue weighted by Crippen LogP contribution is -2.50.